The smallest absolute Gasteiger partial charge is 0.167 e. The Bertz CT molecular complexity index is 573. The molecule has 0 aliphatic heterocycles. The molecular weight excluding hydrogens is 240 g/mol. The molecule has 0 N–H and O–H groups in total. The molecule has 4 heteroatoms. The maximum absolute atomic E-state index is 12.2. The van der Waals surface area contributed by atoms with Gasteiger partial charge >= 0.3 is 0 Å². The monoisotopic (exact) mass is 258 g/mol. The fraction of sp³-hybridized carbons (Fsp3) is 0.333. The summed E-state index contributed by atoms with van der Waals surface area (Å²) in [5.41, 5.74) is 1.59. The van der Waals surface area contributed by atoms with Crippen LogP contribution in [-0.4, -0.2) is 21.7 Å². The van der Waals surface area contributed by atoms with Crippen molar-refractivity contribution >= 4 is 5.78 Å². The normalized spacial score (nSPS) is 10.7. The van der Waals surface area contributed by atoms with Crippen LogP contribution in [-0.2, 0) is 13.5 Å². The Labute approximate surface area is 113 Å². The van der Waals surface area contributed by atoms with Crippen LogP contribution in [0.3, 0.4) is 0 Å². The molecule has 2 rings (SSSR count). The Morgan fingerprint density at radius 3 is 2.84 bits per heavy atom. The number of ether oxygens (including phenoxy) is 1. The Balaban J connectivity index is 2.10. The van der Waals surface area contributed by atoms with Crippen molar-refractivity contribution in [3.63, 3.8) is 0 Å². The number of Topliss-reactive ketones (excluding diaryl/α,β-unsaturated/α-hetero) is 1. The van der Waals surface area contributed by atoms with Gasteiger partial charge in [0.25, 0.3) is 0 Å². The highest BCUT2D eigenvalue weighted by Gasteiger charge is 2.09. The molecule has 0 saturated carbocycles. The summed E-state index contributed by atoms with van der Waals surface area (Å²) in [4.78, 5) is 12.2. The first-order chi connectivity index (χ1) is 9.04. The van der Waals surface area contributed by atoms with E-state index >= 15 is 0 Å². The lowest BCUT2D eigenvalue weighted by molar-refractivity contribution is 0.0992. The molecule has 0 atom stereocenters. The van der Waals surface area contributed by atoms with Crippen LogP contribution in [0.2, 0.25) is 0 Å². The average molecular weight is 258 g/mol. The Hall–Kier alpha value is -2.10. The molecule has 1 aromatic carbocycles. The van der Waals surface area contributed by atoms with Crippen molar-refractivity contribution in [2.45, 2.75) is 26.4 Å². The number of hydrogen-bond acceptors (Lipinski definition) is 3. The third-order valence-electron chi connectivity index (χ3n) is 2.65. The van der Waals surface area contributed by atoms with E-state index in [9.17, 15) is 4.79 Å². The Morgan fingerprint density at radius 2 is 2.21 bits per heavy atom. The molecule has 0 aliphatic carbocycles. The van der Waals surface area contributed by atoms with Crippen molar-refractivity contribution in [1.82, 2.24) is 9.78 Å². The second kappa shape index (κ2) is 5.69. The minimum atomic E-state index is 0.0715. The SMILES string of the molecule is CC(C)Oc1cccc(C(=O)Cc2cnn(C)c2)c1. The summed E-state index contributed by atoms with van der Waals surface area (Å²) in [5, 5.41) is 4.06. The zero-order valence-electron chi connectivity index (χ0n) is 11.5. The maximum atomic E-state index is 12.2. The van der Waals surface area contributed by atoms with Gasteiger partial charge in [0.2, 0.25) is 0 Å². The maximum Gasteiger partial charge on any atom is 0.167 e. The third-order valence-corrected chi connectivity index (χ3v) is 2.65. The molecule has 0 radical (unpaired) electrons. The van der Waals surface area contributed by atoms with Gasteiger partial charge in [0.05, 0.1) is 12.3 Å². The second-order valence-corrected chi connectivity index (χ2v) is 4.82. The van der Waals surface area contributed by atoms with Crippen molar-refractivity contribution in [3.05, 3.63) is 47.8 Å². The molecule has 19 heavy (non-hydrogen) atoms. The number of carbonyl (C=O) groups excluding carboxylic acids is 1. The summed E-state index contributed by atoms with van der Waals surface area (Å²) in [6, 6.07) is 7.31. The first-order valence-corrected chi connectivity index (χ1v) is 6.32. The molecule has 0 unspecified atom stereocenters. The predicted molar refractivity (Wildman–Crippen MR) is 73.4 cm³/mol. The van der Waals surface area contributed by atoms with Crippen LogP contribution in [0.1, 0.15) is 29.8 Å². The van der Waals surface area contributed by atoms with E-state index in [1.165, 1.54) is 0 Å². The van der Waals surface area contributed by atoms with E-state index in [4.69, 9.17) is 4.74 Å². The van der Waals surface area contributed by atoms with Gasteiger partial charge in [-0.1, -0.05) is 12.1 Å². The summed E-state index contributed by atoms with van der Waals surface area (Å²) in [6.07, 6.45) is 4.03. The zero-order valence-corrected chi connectivity index (χ0v) is 11.5. The highest BCUT2D eigenvalue weighted by Crippen LogP contribution is 2.16. The molecule has 0 spiro atoms. The molecule has 0 fully saturated rings. The largest absolute Gasteiger partial charge is 0.491 e. The second-order valence-electron chi connectivity index (χ2n) is 4.82. The summed E-state index contributed by atoms with van der Waals surface area (Å²) in [7, 11) is 1.84. The van der Waals surface area contributed by atoms with Crippen LogP contribution in [0.5, 0.6) is 5.75 Å². The van der Waals surface area contributed by atoms with E-state index in [0.29, 0.717) is 12.0 Å². The quantitative estimate of drug-likeness (QED) is 0.774. The van der Waals surface area contributed by atoms with Crippen molar-refractivity contribution in [1.29, 1.82) is 0 Å². The number of aryl methyl sites for hydroxylation is 1. The number of aromatic nitrogens is 2. The van der Waals surface area contributed by atoms with Gasteiger partial charge in [0.15, 0.2) is 5.78 Å². The summed E-state index contributed by atoms with van der Waals surface area (Å²) < 4.78 is 7.29. The zero-order chi connectivity index (χ0) is 13.8. The van der Waals surface area contributed by atoms with Gasteiger partial charge in [-0.2, -0.15) is 5.10 Å². The molecule has 100 valence electrons. The van der Waals surface area contributed by atoms with E-state index in [-0.39, 0.29) is 11.9 Å². The lowest BCUT2D eigenvalue weighted by atomic mass is 10.1. The molecule has 0 amide bonds. The standard InChI is InChI=1S/C15H18N2O2/c1-11(2)19-14-6-4-5-13(8-14)15(18)7-12-9-16-17(3)10-12/h4-6,8-11H,7H2,1-3H3. The summed E-state index contributed by atoms with van der Waals surface area (Å²) in [5.74, 6) is 0.800. The van der Waals surface area contributed by atoms with Crippen LogP contribution in [0.4, 0.5) is 0 Å². The molecule has 0 aliphatic rings. The highest BCUT2D eigenvalue weighted by molar-refractivity contribution is 5.97. The Morgan fingerprint density at radius 1 is 1.42 bits per heavy atom. The van der Waals surface area contributed by atoms with Crippen molar-refractivity contribution in [3.8, 4) is 5.75 Å². The summed E-state index contributed by atoms with van der Waals surface area (Å²) >= 11 is 0. The van der Waals surface area contributed by atoms with E-state index in [1.807, 2.05) is 45.3 Å². The van der Waals surface area contributed by atoms with Gasteiger partial charge in [0.1, 0.15) is 5.75 Å². The fourth-order valence-corrected chi connectivity index (χ4v) is 1.87. The van der Waals surface area contributed by atoms with E-state index in [0.717, 1.165) is 11.3 Å². The number of nitrogens with zero attached hydrogens (tertiary/aromatic N) is 2. The van der Waals surface area contributed by atoms with Crippen LogP contribution in [0, 0.1) is 0 Å². The minimum Gasteiger partial charge on any atom is -0.491 e. The first-order valence-electron chi connectivity index (χ1n) is 6.32. The van der Waals surface area contributed by atoms with Crippen LogP contribution < -0.4 is 4.74 Å². The molecule has 0 saturated heterocycles. The molecule has 1 heterocycles. The van der Waals surface area contributed by atoms with E-state index in [1.54, 1.807) is 16.9 Å². The van der Waals surface area contributed by atoms with Crippen molar-refractivity contribution in [2.24, 2.45) is 7.05 Å². The molecule has 2 aromatic rings. The lowest BCUT2D eigenvalue weighted by Crippen LogP contribution is -2.07. The van der Waals surface area contributed by atoms with Crippen molar-refractivity contribution < 1.29 is 9.53 Å². The fourth-order valence-electron chi connectivity index (χ4n) is 1.87. The average Bonchev–Trinajstić information content (AvgIpc) is 2.74. The van der Waals surface area contributed by atoms with E-state index in [2.05, 4.69) is 5.10 Å². The van der Waals surface area contributed by atoms with Crippen LogP contribution >= 0.6 is 0 Å². The van der Waals surface area contributed by atoms with Gasteiger partial charge in [-0.25, -0.2) is 0 Å². The van der Waals surface area contributed by atoms with Gasteiger partial charge in [-0.3, -0.25) is 9.48 Å². The number of rotatable bonds is 5. The van der Waals surface area contributed by atoms with Gasteiger partial charge < -0.3 is 4.74 Å². The predicted octanol–water partition coefficient (Wildman–Crippen LogP) is 2.63. The molecular formula is C15H18N2O2. The van der Waals surface area contributed by atoms with Gasteiger partial charge in [-0.15, -0.1) is 0 Å². The van der Waals surface area contributed by atoms with Crippen LogP contribution in [0.15, 0.2) is 36.7 Å². The third kappa shape index (κ3) is 3.68. The Kier molecular flexibility index (Phi) is 4.00. The topological polar surface area (TPSA) is 44.1 Å². The molecule has 0 bridgehead atoms. The number of hydrogen-bond donors (Lipinski definition) is 0. The van der Waals surface area contributed by atoms with Crippen LogP contribution in [0.25, 0.3) is 0 Å². The van der Waals surface area contributed by atoms with Gasteiger partial charge in [0, 0.05) is 25.2 Å². The van der Waals surface area contributed by atoms with Gasteiger partial charge in [-0.05, 0) is 31.5 Å². The molecule has 1 aromatic heterocycles. The number of ketones is 1. The lowest BCUT2D eigenvalue weighted by Gasteiger charge is -2.10. The first kappa shape index (κ1) is 13.3. The minimum absolute atomic E-state index is 0.0715. The highest BCUT2D eigenvalue weighted by atomic mass is 16.5. The number of benzene rings is 1. The number of carbonyl (C=O) groups is 1. The summed E-state index contributed by atoms with van der Waals surface area (Å²) in [6.45, 7) is 3.92. The van der Waals surface area contributed by atoms with E-state index < -0.39 is 0 Å². The van der Waals surface area contributed by atoms with Crippen molar-refractivity contribution in [2.75, 3.05) is 0 Å². The molecule has 4 nitrogen and oxygen atoms in total.